The topological polar surface area (TPSA) is 50.5 Å². The van der Waals surface area contributed by atoms with Crippen molar-refractivity contribution in [3.05, 3.63) is 82.4 Å². The van der Waals surface area contributed by atoms with Crippen molar-refractivity contribution in [1.82, 2.24) is 4.31 Å². The summed E-state index contributed by atoms with van der Waals surface area (Å²) in [5, 5.41) is 2.01. The van der Waals surface area contributed by atoms with Crippen LogP contribution in [0.2, 0.25) is 0 Å². The molecule has 3 rings (SSSR count). The highest BCUT2D eigenvalue weighted by atomic mass is 32.2. The van der Waals surface area contributed by atoms with E-state index in [1.54, 1.807) is 23.7 Å². The molecule has 4 nitrogen and oxygen atoms in total. The number of furan rings is 1. The van der Waals surface area contributed by atoms with Gasteiger partial charge in [0.1, 0.15) is 5.76 Å². The Hall–Kier alpha value is -1.89. The van der Waals surface area contributed by atoms with E-state index in [1.807, 2.05) is 53.9 Å². The van der Waals surface area contributed by atoms with Crippen LogP contribution in [0.4, 0.5) is 0 Å². The Morgan fingerprint density at radius 2 is 1.80 bits per heavy atom. The Balaban J connectivity index is 1.69. The van der Waals surface area contributed by atoms with Gasteiger partial charge in [-0.15, -0.1) is 11.3 Å². The zero-order valence-corrected chi connectivity index (χ0v) is 15.5. The Labute approximate surface area is 152 Å². The molecule has 0 atom stereocenters. The van der Waals surface area contributed by atoms with E-state index in [1.165, 1.54) is 9.18 Å². The molecular formula is C19H21NO3S2. The van der Waals surface area contributed by atoms with Crippen LogP contribution in [-0.4, -0.2) is 25.0 Å². The molecule has 0 saturated heterocycles. The molecule has 3 aromatic rings. The zero-order chi connectivity index (χ0) is 17.5. The lowest BCUT2D eigenvalue weighted by Crippen LogP contribution is -2.34. The van der Waals surface area contributed by atoms with Gasteiger partial charge in [-0.25, -0.2) is 8.42 Å². The largest absolute Gasteiger partial charge is 0.468 e. The second-order valence-electron chi connectivity index (χ2n) is 5.79. The number of aryl methyl sites for hydroxylation is 1. The van der Waals surface area contributed by atoms with Crippen molar-refractivity contribution in [1.29, 1.82) is 0 Å². The average molecular weight is 376 g/mol. The lowest BCUT2D eigenvalue weighted by Gasteiger charge is -2.21. The summed E-state index contributed by atoms with van der Waals surface area (Å²) < 4.78 is 32.6. The third-order valence-electron chi connectivity index (χ3n) is 3.98. The van der Waals surface area contributed by atoms with E-state index in [9.17, 15) is 8.42 Å². The number of nitrogens with zero attached hydrogens (tertiary/aromatic N) is 1. The summed E-state index contributed by atoms with van der Waals surface area (Å²) in [5.41, 5.74) is 1.03. The van der Waals surface area contributed by atoms with Crippen molar-refractivity contribution < 1.29 is 12.8 Å². The molecule has 2 heterocycles. The number of hydrogen-bond acceptors (Lipinski definition) is 4. The van der Waals surface area contributed by atoms with E-state index < -0.39 is 10.0 Å². The fourth-order valence-electron chi connectivity index (χ4n) is 2.60. The summed E-state index contributed by atoms with van der Waals surface area (Å²) in [6.45, 7) is 0.730. The highest BCUT2D eigenvalue weighted by Gasteiger charge is 2.23. The average Bonchev–Trinajstić information content (AvgIpc) is 3.31. The molecule has 6 heteroatoms. The molecule has 0 spiro atoms. The van der Waals surface area contributed by atoms with Gasteiger partial charge >= 0.3 is 0 Å². The van der Waals surface area contributed by atoms with E-state index in [0.29, 0.717) is 25.1 Å². The second kappa shape index (κ2) is 8.47. The first-order chi connectivity index (χ1) is 12.1. The predicted octanol–water partition coefficient (Wildman–Crippen LogP) is 3.96. The van der Waals surface area contributed by atoms with Crippen LogP contribution in [-0.2, 0) is 29.4 Å². The molecule has 25 heavy (non-hydrogen) atoms. The maximum absolute atomic E-state index is 12.9. The van der Waals surface area contributed by atoms with Crippen molar-refractivity contribution in [3.8, 4) is 0 Å². The Bertz CT molecular complexity index is 841. The highest BCUT2D eigenvalue weighted by Crippen LogP contribution is 2.16. The maximum atomic E-state index is 12.9. The third kappa shape index (κ3) is 5.29. The van der Waals surface area contributed by atoms with Crippen LogP contribution in [0.3, 0.4) is 0 Å². The van der Waals surface area contributed by atoms with E-state index in [2.05, 4.69) is 0 Å². The maximum Gasteiger partial charge on any atom is 0.214 e. The first-order valence-electron chi connectivity index (χ1n) is 8.20. The summed E-state index contributed by atoms with van der Waals surface area (Å²) in [6, 6.07) is 17.3. The molecule has 0 aliphatic carbocycles. The van der Waals surface area contributed by atoms with Crippen molar-refractivity contribution in [3.63, 3.8) is 0 Å². The lowest BCUT2D eigenvalue weighted by molar-refractivity contribution is 0.366. The number of benzene rings is 1. The Kier molecular flexibility index (Phi) is 6.07. The normalized spacial score (nSPS) is 11.9. The van der Waals surface area contributed by atoms with Gasteiger partial charge in [-0.05, 0) is 42.0 Å². The molecule has 0 unspecified atom stereocenters. The van der Waals surface area contributed by atoms with E-state index in [-0.39, 0.29) is 12.3 Å². The zero-order valence-electron chi connectivity index (χ0n) is 13.9. The quantitative estimate of drug-likeness (QED) is 0.569. The molecule has 0 fully saturated rings. The van der Waals surface area contributed by atoms with Crippen molar-refractivity contribution >= 4 is 21.4 Å². The highest BCUT2D eigenvalue weighted by molar-refractivity contribution is 7.89. The van der Waals surface area contributed by atoms with Crippen LogP contribution in [0.15, 0.2) is 70.7 Å². The molecule has 0 aliphatic rings. The minimum Gasteiger partial charge on any atom is -0.468 e. The summed E-state index contributed by atoms with van der Waals surface area (Å²) in [7, 11) is -3.37. The van der Waals surface area contributed by atoms with Crippen LogP contribution < -0.4 is 0 Å². The lowest BCUT2D eigenvalue weighted by atomic mass is 10.2. The van der Waals surface area contributed by atoms with E-state index >= 15 is 0 Å². The van der Waals surface area contributed by atoms with Gasteiger partial charge in [-0.3, -0.25) is 0 Å². The summed E-state index contributed by atoms with van der Waals surface area (Å²) in [6.07, 6.45) is 2.79. The molecule has 0 radical (unpaired) electrons. The number of rotatable bonds is 9. The molecule has 2 aromatic heterocycles. The monoisotopic (exact) mass is 375 g/mol. The standard InChI is InChI=1S/C19H21NO3S2/c21-25(22,15-11-17-6-2-1-3-7-17)20(16-18-8-4-13-23-18)12-10-19-9-5-14-24-19/h1-9,13-14H,10-12,15-16H2. The molecule has 0 amide bonds. The molecule has 0 N–H and O–H groups in total. The molecule has 0 aliphatic heterocycles. The number of thiophene rings is 1. The minimum atomic E-state index is -3.37. The molecule has 1 aromatic carbocycles. The van der Waals surface area contributed by atoms with Crippen molar-refractivity contribution in [2.45, 2.75) is 19.4 Å². The summed E-state index contributed by atoms with van der Waals surface area (Å²) in [5.74, 6) is 0.761. The van der Waals surface area contributed by atoms with Crippen LogP contribution in [0.25, 0.3) is 0 Å². The first kappa shape index (κ1) is 17.9. The molecule has 0 bridgehead atoms. The van der Waals surface area contributed by atoms with Gasteiger partial charge in [0.2, 0.25) is 10.0 Å². The van der Waals surface area contributed by atoms with E-state index in [0.717, 1.165) is 5.56 Å². The fourth-order valence-corrected chi connectivity index (χ4v) is 4.75. The molecule has 0 saturated carbocycles. The van der Waals surface area contributed by atoms with Gasteiger partial charge < -0.3 is 4.42 Å². The van der Waals surface area contributed by atoms with E-state index in [4.69, 9.17) is 4.42 Å². The number of sulfonamides is 1. The van der Waals surface area contributed by atoms with Gasteiger partial charge in [-0.1, -0.05) is 36.4 Å². The summed E-state index contributed by atoms with van der Waals surface area (Å²) >= 11 is 1.65. The summed E-state index contributed by atoms with van der Waals surface area (Å²) in [4.78, 5) is 1.18. The van der Waals surface area contributed by atoms with Crippen molar-refractivity contribution in [2.24, 2.45) is 0 Å². The van der Waals surface area contributed by atoms with Crippen LogP contribution in [0.5, 0.6) is 0 Å². The van der Waals surface area contributed by atoms with Gasteiger partial charge in [0, 0.05) is 11.4 Å². The fraction of sp³-hybridized carbons (Fsp3) is 0.263. The van der Waals surface area contributed by atoms with Crippen molar-refractivity contribution in [2.75, 3.05) is 12.3 Å². The predicted molar refractivity (Wildman–Crippen MR) is 101 cm³/mol. The smallest absolute Gasteiger partial charge is 0.214 e. The molecule has 132 valence electrons. The first-order valence-corrected chi connectivity index (χ1v) is 10.7. The second-order valence-corrected chi connectivity index (χ2v) is 8.91. The van der Waals surface area contributed by atoms with Gasteiger partial charge in [0.25, 0.3) is 0 Å². The minimum absolute atomic E-state index is 0.0994. The SMILES string of the molecule is O=S(=O)(CCc1ccccc1)N(CCc1cccs1)Cc1ccco1. The van der Waals surface area contributed by atoms with Gasteiger partial charge in [-0.2, -0.15) is 4.31 Å². The van der Waals surface area contributed by atoms with Crippen LogP contribution in [0, 0.1) is 0 Å². The van der Waals surface area contributed by atoms with Crippen LogP contribution in [0.1, 0.15) is 16.2 Å². The molecular weight excluding hydrogens is 354 g/mol. The van der Waals surface area contributed by atoms with Gasteiger partial charge in [0.05, 0.1) is 18.6 Å². The van der Waals surface area contributed by atoms with Gasteiger partial charge in [0.15, 0.2) is 0 Å². The Morgan fingerprint density at radius 3 is 2.48 bits per heavy atom. The Morgan fingerprint density at radius 1 is 0.960 bits per heavy atom. The third-order valence-corrected chi connectivity index (χ3v) is 6.74. The number of hydrogen-bond donors (Lipinski definition) is 0. The van der Waals surface area contributed by atoms with Crippen LogP contribution >= 0.6 is 11.3 Å².